The Balaban J connectivity index is 2.61. The Morgan fingerprint density at radius 3 is 2.29 bits per heavy atom. The largest absolute Gasteiger partial charge is 0.444 e. The first-order chi connectivity index (χ1) is 9.73. The van der Waals surface area contributed by atoms with Gasteiger partial charge in [0.2, 0.25) is 5.91 Å². The number of carbonyl (C=O) groups is 2. The van der Waals surface area contributed by atoms with Gasteiger partial charge < -0.3 is 15.4 Å². The Bertz CT molecular complexity index is 357. The molecular formula is C16H30N2O3. The van der Waals surface area contributed by atoms with Gasteiger partial charge in [0.25, 0.3) is 0 Å². The number of ether oxygens (including phenoxy) is 1. The molecular weight excluding hydrogens is 268 g/mol. The van der Waals surface area contributed by atoms with Gasteiger partial charge in [-0.3, -0.25) is 4.79 Å². The van der Waals surface area contributed by atoms with Crippen molar-refractivity contribution in [2.45, 2.75) is 84.4 Å². The van der Waals surface area contributed by atoms with Gasteiger partial charge in [-0.15, -0.1) is 0 Å². The van der Waals surface area contributed by atoms with Crippen LogP contribution in [0.25, 0.3) is 0 Å². The molecule has 0 aromatic rings. The summed E-state index contributed by atoms with van der Waals surface area (Å²) in [6.45, 7) is 9.41. The van der Waals surface area contributed by atoms with Crippen molar-refractivity contribution in [1.82, 2.24) is 10.6 Å². The van der Waals surface area contributed by atoms with Crippen LogP contribution < -0.4 is 10.6 Å². The molecule has 1 aliphatic carbocycles. The number of alkyl carbamates (subject to hydrolysis) is 1. The second-order valence-corrected chi connectivity index (χ2v) is 7.00. The second-order valence-electron chi connectivity index (χ2n) is 7.00. The third kappa shape index (κ3) is 6.36. The standard InChI is InChI=1S/C16H30N2O3/c1-6-11(2)13(18-15(20)21-16(3,4)5)14(19)17-12-9-7-8-10-12/h11-13H,6-10H2,1-5H3,(H,17,19)(H,18,20)/t11-,13-/m1/s1. The van der Waals surface area contributed by atoms with E-state index in [-0.39, 0.29) is 17.9 Å². The lowest BCUT2D eigenvalue weighted by Gasteiger charge is -2.27. The van der Waals surface area contributed by atoms with Gasteiger partial charge in [0.15, 0.2) is 0 Å². The molecule has 2 amide bonds. The fraction of sp³-hybridized carbons (Fsp3) is 0.875. The number of hydrogen-bond donors (Lipinski definition) is 2. The summed E-state index contributed by atoms with van der Waals surface area (Å²) in [6.07, 6.45) is 4.68. The van der Waals surface area contributed by atoms with Crippen LogP contribution in [0.5, 0.6) is 0 Å². The highest BCUT2D eigenvalue weighted by molar-refractivity contribution is 5.86. The molecule has 1 saturated carbocycles. The van der Waals surface area contributed by atoms with Crippen molar-refractivity contribution in [3.05, 3.63) is 0 Å². The summed E-state index contributed by atoms with van der Waals surface area (Å²) < 4.78 is 5.25. The van der Waals surface area contributed by atoms with Crippen molar-refractivity contribution in [3.63, 3.8) is 0 Å². The zero-order valence-electron chi connectivity index (χ0n) is 14.0. The third-order valence-electron chi connectivity index (χ3n) is 3.87. The number of carbonyl (C=O) groups excluding carboxylic acids is 2. The monoisotopic (exact) mass is 298 g/mol. The molecule has 122 valence electrons. The van der Waals surface area contributed by atoms with E-state index in [4.69, 9.17) is 4.74 Å². The van der Waals surface area contributed by atoms with Crippen LogP contribution in [-0.2, 0) is 9.53 Å². The van der Waals surface area contributed by atoms with E-state index < -0.39 is 17.7 Å². The lowest BCUT2D eigenvalue weighted by atomic mass is 9.98. The normalized spacial score (nSPS) is 18.9. The second kappa shape index (κ2) is 7.66. The highest BCUT2D eigenvalue weighted by atomic mass is 16.6. The average Bonchev–Trinajstić information content (AvgIpc) is 2.85. The molecule has 0 unspecified atom stereocenters. The minimum absolute atomic E-state index is 0.0684. The predicted octanol–water partition coefficient (Wildman–Crippen LogP) is 2.98. The number of amides is 2. The summed E-state index contributed by atoms with van der Waals surface area (Å²) in [4.78, 5) is 24.3. The molecule has 21 heavy (non-hydrogen) atoms. The van der Waals surface area contributed by atoms with E-state index in [0.717, 1.165) is 19.3 Å². The number of hydrogen-bond acceptors (Lipinski definition) is 3. The molecule has 0 heterocycles. The highest BCUT2D eigenvalue weighted by Gasteiger charge is 2.30. The molecule has 5 heteroatoms. The van der Waals surface area contributed by atoms with E-state index in [1.807, 2.05) is 34.6 Å². The van der Waals surface area contributed by atoms with Gasteiger partial charge in [0, 0.05) is 6.04 Å². The van der Waals surface area contributed by atoms with Crippen LogP contribution in [-0.4, -0.2) is 29.7 Å². The number of nitrogens with one attached hydrogen (secondary N) is 2. The molecule has 2 N–H and O–H groups in total. The molecule has 0 bridgehead atoms. The molecule has 0 saturated heterocycles. The van der Waals surface area contributed by atoms with Gasteiger partial charge in [0.1, 0.15) is 11.6 Å². The molecule has 1 fully saturated rings. The van der Waals surface area contributed by atoms with Gasteiger partial charge in [-0.05, 0) is 39.5 Å². The lowest BCUT2D eigenvalue weighted by molar-refractivity contribution is -0.125. The fourth-order valence-electron chi connectivity index (χ4n) is 2.50. The first-order valence-corrected chi connectivity index (χ1v) is 8.03. The van der Waals surface area contributed by atoms with Gasteiger partial charge in [-0.2, -0.15) is 0 Å². The van der Waals surface area contributed by atoms with Crippen LogP contribution in [0.15, 0.2) is 0 Å². The van der Waals surface area contributed by atoms with E-state index in [0.29, 0.717) is 0 Å². The lowest BCUT2D eigenvalue weighted by Crippen LogP contribution is -2.53. The van der Waals surface area contributed by atoms with Gasteiger partial charge >= 0.3 is 6.09 Å². The maximum absolute atomic E-state index is 12.4. The Morgan fingerprint density at radius 1 is 1.24 bits per heavy atom. The zero-order valence-corrected chi connectivity index (χ0v) is 14.0. The van der Waals surface area contributed by atoms with Crippen molar-refractivity contribution in [1.29, 1.82) is 0 Å². The Morgan fingerprint density at radius 2 is 1.81 bits per heavy atom. The van der Waals surface area contributed by atoms with E-state index in [1.165, 1.54) is 12.8 Å². The van der Waals surface area contributed by atoms with Crippen molar-refractivity contribution < 1.29 is 14.3 Å². The molecule has 5 nitrogen and oxygen atoms in total. The van der Waals surface area contributed by atoms with Crippen LogP contribution in [0.1, 0.15) is 66.7 Å². The fourth-order valence-corrected chi connectivity index (χ4v) is 2.50. The maximum Gasteiger partial charge on any atom is 0.408 e. The maximum atomic E-state index is 12.4. The summed E-state index contributed by atoms with van der Waals surface area (Å²) in [6, 6.07) is -0.282. The van der Waals surface area contributed by atoms with Crippen molar-refractivity contribution in [2.24, 2.45) is 5.92 Å². The summed E-state index contributed by atoms with van der Waals surface area (Å²) in [5, 5.41) is 5.78. The SMILES string of the molecule is CC[C@@H](C)[C@@H](NC(=O)OC(C)(C)C)C(=O)NC1CCCC1. The molecule has 0 aromatic carbocycles. The Hall–Kier alpha value is -1.26. The van der Waals surface area contributed by atoms with E-state index in [9.17, 15) is 9.59 Å². The van der Waals surface area contributed by atoms with E-state index >= 15 is 0 Å². The minimum atomic E-state index is -0.563. The molecule has 0 spiro atoms. The van der Waals surface area contributed by atoms with Crippen LogP contribution in [0.2, 0.25) is 0 Å². The Labute approximate surface area is 128 Å². The van der Waals surface area contributed by atoms with Crippen LogP contribution in [0, 0.1) is 5.92 Å². The van der Waals surface area contributed by atoms with Gasteiger partial charge in [-0.1, -0.05) is 33.1 Å². The highest BCUT2D eigenvalue weighted by Crippen LogP contribution is 2.18. The predicted molar refractivity (Wildman–Crippen MR) is 83.0 cm³/mol. The molecule has 1 aliphatic rings. The zero-order chi connectivity index (χ0) is 16.0. The first kappa shape index (κ1) is 17.8. The Kier molecular flexibility index (Phi) is 6.49. The van der Waals surface area contributed by atoms with Crippen LogP contribution in [0.3, 0.4) is 0 Å². The van der Waals surface area contributed by atoms with E-state index in [1.54, 1.807) is 0 Å². The van der Waals surface area contributed by atoms with Gasteiger partial charge in [0.05, 0.1) is 0 Å². The molecule has 0 aliphatic heterocycles. The minimum Gasteiger partial charge on any atom is -0.444 e. The number of rotatable bonds is 5. The van der Waals surface area contributed by atoms with Crippen molar-refractivity contribution in [2.75, 3.05) is 0 Å². The topological polar surface area (TPSA) is 67.4 Å². The summed E-state index contributed by atoms with van der Waals surface area (Å²) in [5.74, 6) is -0.0268. The smallest absolute Gasteiger partial charge is 0.408 e. The van der Waals surface area contributed by atoms with Crippen molar-refractivity contribution >= 4 is 12.0 Å². The summed E-state index contributed by atoms with van der Waals surface area (Å²) in [7, 11) is 0. The first-order valence-electron chi connectivity index (χ1n) is 8.03. The third-order valence-corrected chi connectivity index (χ3v) is 3.87. The summed E-state index contributed by atoms with van der Waals surface area (Å²) >= 11 is 0. The van der Waals surface area contributed by atoms with Crippen molar-refractivity contribution in [3.8, 4) is 0 Å². The van der Waals surface area contributed by atoms with E-state index in [2.05, 4.69) is 10.6 Å². The molecule has 0 aromatic heterocycles. The quantitative estimate of drug-likeness (QED) is 0.820. The molecule has 2 atom stereocenters. The summed E-state index contributed by atoms with van der Waals surface area (Å²) in [5.41, 5.74) is -0.563. The molecule has 0 radical (unpaired) electrons. The van der Waals surface area contributed by atoms with Crippen LogP contribution in [0.4, 0.5) is 4.79 Å². The van der Waals surface area contributed by atoms with Gasteiger partial charge in [-0.25, -0.2) is 4.79 Å². The average molecular weight is 298 g/mol. The molecule has 1 rings (SSSR count). The van der Waals surface area contributed by atoms with Crippen LogP contribution >= 0.6 is 0 Å².